The number of amides is 1. The molecule has 0 unspecified atom stereocenters. The highest BCUT2D eigenvalue weighted by atomic mass is 16.4. The van der Waals surface area contributed by atoms with E-state index < -0.39 is 5.97 Å². The summed E-state index contributed by atoms with van der Waals surface area (Å²) in [6.45, 7) is -0.308. The minimum absolute atomic E-state index is 0.00375. The van der Waals surface area contributed by atoms with Crippen LogP contribution in [0.2, 0.25) is 0 Å². The van der Waals surface area contributed by atoms with Gasteiger partial charge in [0.1, 0.15) is 13.1 Å². The predicted molar refractivity (Wildman–Crippen MR) is 45.3 cm³/mol. The van der Waals surface area contributed by atoms with E-state index >= 15 is 0 Å². The molecule has 0 fully saturated rings. The fraction of sp³-hybridized carbons (Fsp3) is 0.429. The Kier molecular flexibility index (Phi) is 3.16. The number of hydrogen-bond acceptors (Lipinski definition) is 4. The van der Waals surface area contributed by atoms with Crippen molar-refractivity contribution in [2.45, 2.75) is 6.54 Å². The second kappa shape index (κ2) is 4.35. The van der Waals surface area contributed by atoms with Crippen LogP contribution in [0.15, 0.2) is 12.4 Å². The number of hydrogen-bond donors (Lipinski definition) is 1. The second-order valence-electron chi connectivity index (χ2n) is 2.74. The molecule has 0 saturated heterocycles. The number of rotatable bonds is 4. The third-order valence-electron chi connectivity index (χ3n) is 1.57. The van der Waals surface area contributed by atoms with E-state index in [2.05, 4.69) is 10.3 Å². The summed E-state index contributed by atoms with van der Waals surface area (Å²) in [4.78, 5) is 22.7. The van der Waals surface area contributed by atoms with Gasteiger partial charge in [0.2, 0.25) is 5.91 Å². The van der Waals surface area contributed by atoms with Gasteiger partial charge in [-0.15, -0.1) is 5.10 Å². The van der Waals surface area contributed by atoms with E-state index in [-0.39, 0.29) is 19.0 Å². The number of nitrogens with zero attached hydrogens (tertiary/aromatic N) is 4. The Labute approximate surface area is 79.9 Å². The van der Waals surface area contributed by atoms with Crippen molar-refractivity contribution in [2.24, 2.45) is 0 Å². The Morgan fingerprint density at radius 1 is 1.57 bits per heavy atom. The molecule has 0 bridgehead atoms. The molecule has 1 rings (SSSR count). The minimum Gasteiger partial charge on any atom is -0.480 e. The average molecular weight is 198 g/mol. The van der Waals surface area contributed by atoms with Crippen LogP contribution in [-0.2, 0) is 16.1 Å². The number of aliphatic carboxylic acids is 1. The monoisotopic (exact) mass is 198 g/mol. The lowest BCUT2D eigenvalue weighted by atomic mass is 10.5. The van der Waals surface area contributed by atoms with Crippen LogP contribution in [-0.4, -0.2) is 50.5 Å². The van der Waals surface area contributed by atoms with Crippen molar-refractivity contribution >= 4 is 11.9 Å². The van der Waals surface area contributed by atoms with Crippen molar-refractivity contribution in [2.75, 3.05) is 13.6 Å². The number of carbonyl (C=O) groups is 2. The molecule has 0 atom stereocenters. The van der Waals surface area contributed by atoms with Gasteiger partial charge in [-0.25, -0.2) is 4.68 Å². The van der Waals surface area contributed by atoms with Crippen molar-refractivity contribution < 1.29 is 14.7 Å². The molecular weight excluding hydrogens is 188 g/mol. The summed E-state index contributed by atoms with van der Waals surface area (Å²) in [6.07, 6.45) is 2.98. The van der Waals surface area contributed by atoms with Crippen molar-refractivity contribution in [1.82, 2.24) is 19.9 Å². The normalized spacial score (nSPS) is 9.79. The first-order valence-electron chi connectivity index (χ1n) is 3.89. The Morgan fingerprint density at radius 3 is 2.79 bits per heavy atom. The van der Waals surface area contributed by atoms with Gasteiger partial charge in [0, 0.05) is 13.2 Å². The molecule has 76 valence electrons. The van der Waals surface area contributed by atoms with E-state index in [4.69, 9.17) is 5.11 Å². The lowest BCUT2D eigenvalue weighted by Crippen LogP contribution is -2.34. The molecule has 7 nitrogen and oxygen atoms in total. The van der Waals surface area contributed by atoms with Gasteiger partial charge in [0.05, 0.1) is 6.20 Å². The number of aromatic nitrogens is 3. The lowest BCUT2D eigenvalue weighted by Gasteiger charge is -2.13. The fourth-order valence-electron chi connectivity index (χ4n) is 0.867. The first kappa shape index (κ1) is 10.2. The molecular formula is C7H10N4O3. The maximum atomic E-state index is 11.3. The second-order valence-corrected chi connectivity index (χ2v) is 2.74. The average Bonchev–Trinajstić information content (AvgIpc) is 2.55. The van der Waals surface area contributed by atoms with E-state index in [0.717, 1.165) is 4.90 Å². The van der Waals surface area contributed by atoms with Crippen LogP contribution in [0.25, 0.3) is 0 Å². The molecule has 0 radical (unpaired) electrons. The third kappa shape index (κ3) is 2.85. The highest BCUT2D eigenvalue weighted by molar-refractivity contribution is 5.80. The van der Waals surface area contributed by atoms with Crippen LogP contribution in [0.1, 0.15) is 0 Å². The van der Waals surface area contributed by atoms with Gasteiger partial charge in [-0.05, 0) is 0 Å². The summed E-state index contributed by atoms with van der Waals surface area (Å²) in [7, 11) is 1.42. The molecule has 14 heavy (non-hydrogen) atoms. The Hall–Kier alpha value is -1.92. The predicted octanol–water partition coefficient (Wildman–Crippen LogP) is -1.18. The van der Waals surface area contributed by atoms with Crippen molar-refractivity contribution in [3.8, 4) is 0 Å². The van der Waals surface area contributed by atoms with E-state index in [1.807, 2.05) is 0 Å². The molecule has 1 N–H and O–H groups in total. The smallest absolute Gasteiger partial charge is 0.323 e. The summed E-state index contributed by atoms with van der Waals surface area (Å²) in [5, 5.41) is 15.5. The first-order chi connectivity index (χ1) is 6.59. The van der Waals surface area contributed by atoms with Crippen LogP contribution in [0.4, 0.5) is 0 Å². The van der Waals surface area contributed by atoms with Gasteiger partial charge in [0.25, 0.3) is 0 Å². The van der Waals surface area contributed by atoms with Gasteiger partial charge >= 0.3 is 5.97 Å². The lowest BCUT2D eigenvalue weighted by molar-refractivity contribution is -0.143. The summed E-state index contributed by atoms with van der Waals surface area (Å²) in [6, 6.07) is 0. The zero-order valence-electron chi connectivity index (χ0n) is 7.62. The van der Waals surface area contributed by atoms with Gasteiger partial charge in [-0.2, -0.15) is 0 Å². The fourth-order valence-corrected chi connectivity index (χ4v) is 0.867. The molecule has 0 aromatic carbocycles. The summed E-state index contributed by atoms with van der Waals surface area (Å²) >= 11 is 0. The quantitative estimate of drug-likeness (QED) is 0.658. The molecule has 1 aromatic rings. The van der Waals surface area contributed by atoms with Gasteiger partial charge < -0.3 is 10.0 Å². The van der Waals surface area contributed by atoms with Gasteiger partial charge in [0.15, 0.2) is 0 Å². The van der Waals surface area contributed by atoms with Crippen molar-refractivity contribution in [1.29, 1.82) is 0 Å². The van der Waals surface area contributed by atoms with E-state index in [1.54, 1.807) is 0 Å². The first-order valence-corrected chi connectivity index (χ1v) is 3.89. The topological polar surface area (TPSA) is 88.3 Å². The Bertz CT molecular complexity index is 322. The molecule has 1 amide bonds. The maximum Gasteiger partial charge on any atom is 0.323 e. The van der Waals surface area contributed by atoms with Crippen molar-refractivity contribution in [3.05, 3.63) is 12.4 Å². The minimum atomic E-state index is -1.04. The van der Waals surface area contributed by atoms with E-state index in [1.165, 1.54) is 24.1 Å². The Balaban J connectivity index is 2.46. The van der Waals surface area contributed by atoms with E-state index in [9.17, 15) is 9.59 Å². The number of carbonyl (C=O) groups excluding carboxylic acids is 1. The summed E-state index contributed by atoms with van der Waals surface area (Å²) in [5.41, 5.74) is 0. The molecule has 7 heteroatoms. The molecule has 0 aliphatic heterocycles. The standard InChI is InChI=1S/C7H10N4O3/c1-10(5-7(13)14)6(12)4-11-3-2-8-9-11/h2-3H,4-5H2,1H3,(H,13,14). The van der Waals surface area contributed by atoms with Crippen LogP contribution < -0.4 is 0 Å². The zero-order chi connectivity index (χ0) is 10.6. The van der Waals surface area contributed by atoms with Crippen LogP contribution >= 0.6 is 0 Å². The molecule has 0 saturated carbocycles. The third-order valence-corrected chi connectivity index (χ3v) is 1.57. The van der Waals surface area contributed by atoms with E-state index in [0.29, 0.717) is 0 Å². The van der Waals surface area contributed by atoms with Crippen molar-refractivity contribution in [3.63, 3.8) is 0 Å². The molecule has 0 spiro atoms. The number of carboxylic acids is 1. The highest BCUT2D eigenvalue weighted by Crippen LogP contribution is 1.89. The largest absolute Gasteiger partial charge is 0.480 e. The highest BCUT2D eigenvalue weighted by Gasteiger charge is 2.12. The van der Waals surface area contributed by atoms with Gasteiger partial charge in [-0.1, -0.05) is 5.21 Å². The number of likely N-dealkylation sites (N-methyl/N-ethyl adjacent to an activating group) is 1. The molecule has 0 aliphatic carbocycles. The van der Waals surface area contributed by atoms with Gasteiger partial charge in [-0.3, -0.25) is 9.59 Å². The van der Waals surface area contributed by atoms with Crippen LogP contribution in [0.5, 0.6) is 0 Å². The van der Waals surface area contributed by atoms with Crippen LogP contribution in [0.3, 0.4) is 0 Å². The Morgan fingerprint density at radius 2 is 2.29 bits per heavy atom. The summed E-state index contributed by atoms with van der Waals surface area (Å²) in [5.74, 6) is -1.36. The number of carboxylic acid groups (broad SMARTS) is 1. The zero-order valence-corrected chi connectivity index (χ0v) is 7.62. The SMILES string of the molecule is CN(CC(=O)O)C(=O)Cn1ccnn1. The van der Waals surface area contributed by atoms with Crippen LogP contribution in [0, 0.1) is 0 Å². The molecule has 0 aliphatic rings. The maximum absolute atomic E-state index is 11.3. The molecule has 1 heterocycles. The molecule has 1 aromatic heterocycles. The summed E-state index contributed by atoms with van der Waals surface area (Å²) < 4.78 is 1.33.